The first-order valence-electron chi connectivity index (χ1n) is 8.18. The highest BCUT2D eigenvalue weighted by Crippen LogP contribution is 2.22. The number of benzene rings is 2. The minimum atomic E-state index is -1.81. The molecule has 0 radical (unpaired) electrons. The second-order valence-corrected chi connectivity index (χ2v) is 6.07. The molecule has 2 heterocycles. The largest absolute Gasteiger partial charge is 0.479 e. The first-order valence-corrected chi connectivity index (χ1v) is 8.18. The van der Waals surface area contributed by atoms with Crippen LogP contribution in [0.5, 0.6) is 0 Å². The fourth-order valence-corrected chi connectivity index (χ4v) is 2.62. The summed E-state index contributed by atoms with van der Waals surface area (Å²) in [7, 11) is 0. The number of carboxylic acid groups (broad SMARTS) is 1. The monoisotopic (exact) mass is 391 g/mol. The molecule has 1 saturated heterocycles. The Morgan fingerprint density at radius 3 is 2.39 bits per heavy atom. The lowest BCUT2D eigenvalue weighted by Gasteiger charge is -2.36. The van der Waals surface area contributed by atoms with Crippen molar-refractivity contribution in [3.63, 3.8) is 0 Å². The standard InChI is InChI=1S/C12H7NO2.C6H10O7/c14-8-5-6-10-12(7-8)15-11-4-2-1-3-9(11)13-10;7-1-2(8)4(5(10)11)13-6(12)3(1)9/h1-7H;1-4,6-9,12H,(H,10,11)/t;1-,2-,3+,4-,6?/m.0/s1. The first-order chi connectivity index (χ1) is 13.3. The fraction of sp³-hybridized carbons (Fsp3) is 0.278. The van der Waals surface area contributed by atoms with Crippen molar-refractivity contribution in [3.8, 4) is 11.5 Å². The minimum absolute atomic E-state index is 0.0664. The number of aromatic nitrogens is 1. The number of aliphatic hydroxyl groups excluding tert-OH is 4. The van der Waals surface area contributed by atoms with Gasteiger partial charge < -0.3 is 34.7 Å². The summed E-state index contributed by atoms with van der Waals surface area (Å²) in [6.07, 6.45) is -8.72. The van der Waals surface area contributed by atoms with Crippen LogP contribution in [0.1, 0.15) is 0 Å². The number of hydrogen-bond acceptors (Lipinski definition) is 9. The van der Waals surface area contributed by atoms with Gasteiger partial charge in [0.15, 0.2) is 29.2 Å². The van der Waals surface area contributed by atoms with E-state index < -0.39 is 36.7 Å². The molecule has 1 unspecified atom stereocenters. The van der Waals surface area contributed by atoms with E-state index in [2.05, 4.69) is 9.72 Å². The number of rotatable bonds is 1. The molecule has 28 heavy (non-hydrogen) atoms. The second kappa shape index (κ2) is 8.00. The van der Waals surface area contributed by atoms with Crippen LogP contribution in [0.25, 0.3) is 22.6 Å². The fourth-order valence-electron chi connectivity index (χ4n) is 2.62. The summed E-state index contributed by atoms with van der Waals surface area (Å²) in [4.78, 5) is 25.9. The van der Waals surface area contributed by atoms with Crippen LogP contribution in [0, 0.1) is 0 Å². The second-order valence-electron chi connectivity index (χ2n) is 6.07. The topological polar surface area (TPSA) is 171 Å². The van der Waals surface area contributed by atoms with E-state index in [-0.39, 0.29) is 5.43 Å². The summed E-state index contributed by atoms with van der Waals surface area (Å²) < 4.78 is 9.90. The molecular weight excluding hydrogens is 374 g/mol. The maximum atomic E-state index is 11.1. The Morgan fingerprint density at radius 1 is 0.964 bits per heavy atom. The maximum absolute atomic E-state index is 11.1. The zero-order chi connectivity index (χ0) is 20.4. The molecule has 5 N–H and O–H groups in total. The Hall–Kier alpha value is -2.89. The summed E-state index contributed by atoms with van der Waals surface area (Å²) in [5.74, 6) is -0.987. The molecule has 1 aromatic carbocycles. The Labute approximate surface area is 157 Å². The van der Waals surface area contributed by atoms with Crippen LogP contribution < -0.4 is 5.43 Å². The molecule has 0 amide bonds. The van der Waals surface area contributed by atoms with Crippen molar-refractivity contribution in [2.45, 2.75) is 30.7 Å². The van der Waals surface area contributed by atoms with Crippen molar-refractivity contribution in [1.82, 2.24) is 4.98 Å². The molecule has 0 bridgehead atoms. The lowest BCUT2D eigenvalue weighted by atomic mass is 9.99. The van der Waals surface area contributed by atoms with Crippen LogP contribution in [0.3, 0.4) is 0 Å². The van der Waals surface area contributed by atoms with Crippen LogP contribution in [-0.2, 0) is 9.53 Å². The lowest BCUT2D eigenvalue weighted by molar-refractivity contribution is -0.279. The van der Waals surface area contributed by atoms with Gasteiger partial charge in [-0.3, -0.25) is 4.79 Å². The summed E-state index contributed by atoms with van der Waals surface area (Å²) in [6.45, 7) is 0. The van der Waals surface area contributed by atoms with Crippen molar-refractivity contribution >= 4 is 17.1 Å². The van der Waals surface area contributed by atoms with Gasteiger partial charge in [0.2, 0.25) is 0 Å². The van der Waals surface area contributed by atoms with Gasteiger partial charge >= 0.3 is 5.97 Å². The van der Waals surface area contributed by atoms with Gasteiger partial charge in [-0.15, -0.1) is 0 Å². The molecule has 0 saturated carbocycles. The molecule has 5 atom stereocenters. The van der Waals surface area contributed by atoms with E-state index in [1.165, 1.54) is 12.1 Å². The number of carbonyl (C=O) groups is 1. The Morgan fingerprint density at radius 2 is 1.68 bits per heavy atom. The highest BCUT2D eigenvalue weighted by molar-refractivity contribution is 5.75. The summed E-state index contributed by atoms with van der Waals surface area (Å²) >= 11 is 0. The van der Waals surface area contributed by atoms with Crippen molar-refractivity contribution in [2.24, 2.45) is 0 Å². The van der Waals surface area contributed by atoms with Gasteiger partial charge in [-0.2, -0.15) is 0 Å². The van der Waals surface area contributed by atoms with Crippen molar-refractivity contribution in [3.05, 3.63) is 52.7 Å². The summed E-state index contributed by atoms with van der Waals surface area (Å²) in [6, 6.07) is 12.1. The molecule has 0 spiro atoms. The maximum Gasteiger partial charge on any atom is 0.335 e. The van der Waals surface area contributed by atoms with Gasteiger partial charge in [-0.1, -0.05) is 12.1 Å². The smallest absolute Gasteiger partial charge is 0.335 e. The van der Waals surface area contributed by atoms with E-state index in [0.717, 1.165) is 5.52 Å². The first kappa shape index (κ1) is 19.9. The van der Waals surface area contributed by atoms with Gasteiger partial charge in [0.1, 0.15) is 29.5 Å². The van der Waals surface area contributed by atoms with Crippen LogP contribution in [0.15, 0.2) is 51.7 Å². The molecule has 1 fully saturated rings. The molecule has 10 heteroatoms. The Kier molecular flexibility index (Phi) is 5.68. The molecule has 1 aromatic rings. The van der Waals surface area contributed by atoms with Crippen LogP contribution in [-0.4, -0.2) is 67.2 Å². The minimum Gasteiger partial charge on any atom is -0.479 e. The molecule has 1 aliphatic carbocycles. The average molecular weight is 391 g/mol. The molecule has 148 valence electrons. The molecule has 10 nitrogen and oxygen atoms in total. The number of para-hydroxylation sites is 2. The van der Waals surface area contributed by atoms with Crippen molar-refractivity contribution in [2.75, 3.05) is 0 Å². The van der Waals surface area contributed by atoms with E-state index in [4.69, 9.17) is 29.9 Å². The third kappa shape index (κ3) is 4.01. The van der Waals surface area contributed by atoms with Crippen molar-refractivity contribution < 1.29 is 39.5 Å². The van der Waals surface area contributed by atoms with Crippen LogP contribution in [0.2, 0.25) is 0 Å². The average Bonchev–Trinajstić information content (AvgIpc) is 2.67. The number of ether oxygens (including phenoxy) is 1. The third-order valence-corrected chi connectivity index (χ3v) is 4.09. The number of aliphatic hydroxyl groups is 4. The quantitative estimate of drug-likeness (QED) is 0.330. The Bertz CT molecular complexity index is 1000. The Balaban J connectivity index is 0.000000163. The number of nitrogens with zero attached hydrogens (tertiary/aromatic N) is 1. The van der Waals surface area contributed by atoms with Gasteiger partial charge in [0.05, 0.1) is 0 Å². The zero-order valence-electron chi connectivity index (χ0n) is 14.2. The SMILES string of the molecule is O=C(O)[C@H]1OC(O)[C@H](O)[C@@H](O)[C@@H]1O.O=c1ccc2nc3ccccc3oc-2c1. The van der Waals surface area contributed by atoms with E-state index in [0.29, 0.717) is 17.0 Å². The molecule has 4 rings (SSSR count). The third-order valence-electron chi connectivity index (χ3n) is 4.09. The highest BCUT2D eigenvalue weighted by atomic mass is 16.6. The number of carboxylic acids is 1. The number of aliphatic carboxylic acids is 1. The molecule has 0 aromatic heterocycles. The zero-order valence-corrected chi connectivity index (χ0v) is 14.2. The van der Waals surface area contributed by atoms with E-state index in [9.17, 15) is 9.59 Å². The van der Waals surface area contributed by atoms with Gasteiger partial charge in [0, 0.05) is 6.07 Å². The molecular formula is C18H17NO9. The normalized spacial score (nSPS) is 27.2. The van der Waals surface area contributed by atoms with Crippen LogP contribution in [0.4, 0.5) is 0 Å². The van der Waals surface area contributed by atoms with E-state index >= 15 is 0 Å². The number of fused-ring (bicyclic) bond motifs is 2. The predicted molar refractivity (Wildman–Crippen MR) is 93.4 cm³/mol. The summed E-state index contributed by atoms with van der Waals surface area (Å²) in [5, 5.41) is 44.4. The molecule has 2 aliphatic heterocycles. The van der Waals surface area contributed by atoms with Gasteiger partial charge in [0.25, 0.3) is 0 Å². The predicted octanol–water partition coefficient (Wildman–Crippen LogP) is -0.836. The summed E-state index contributed by atoms with van der Waals surface area (Å²) in [5.41, 5.74) is 2.12. The lowest BCUT2D eigenvalue weighted by Crippen LogP contribution is -2.59. The molecule has 3 aliphatic rings. The van der Waals surface area contributed by atoms with Crippen LogP contribution >= 0.6 is 0 Å². The number of hydrogen-bond donors (Lipinski definition) is 5. The van der Waals surface area contributed by atoms with Gasteiger partial charge in [-0.05, 0) is 24.3 Å². The van der Waals surface area contributed by atoms with E-state index in [1.807, 2.05) is 24.3 Å². The van der Waals surface area contributed by atoms with Crippen molar-refractivity contribution in [1.29, 1.82) is 0 Å². The van der Waals surface area contributed by atoms with E-state index in [1.54, 1.807) is 6.07 Å². The highest BCUT2D eigenvalue weighted by Gasteiger charge is 2.46. The van der Waals surface area contributed by atoms with Gasteiger partial charge in [-0.25, -0.2) is 9.78 Å².